The number of ether oxygens (including phenoxy) is 1. The second-order valence-electron chi connectivity index (χ2n) is 5.40. The van der Waals surface area contributed by atoms with E-state index in [1.807, 2.05) is 24.3 Å². The van der Waals surface area contributed by atoms with Gasteiger partial charge >= 0.3 is 6.03 Å². The maximum absolute atomic E-state index is 11.9. The van der Waals surface area contributed by atoms with Crippen LogP contribution in [0, 0.1) is 0 Å². The predicted molar refractivity (Wildman–Crippen MR) is 82.2 cm³/mol. The summed E-state index contributed by atoms with van der Waals surface area (Å²) >= 11 is 0. The first-order valence-electron chi connectivity index (χ1n) is 7.54. The number of nitrogens with one attached hydrogen (secondary N) is 2. The van der Waals surface area contributed by atoms with Crippen LogP contribution in [-0.2, 0) is 11.3 Å². The minimum atomic E-state index is -0.171. The van der Waals surface area contributed by atoms with Crippen molar-refractivity contribution in [1.29, 1.82) is 0 Å². The maximum Gasteiger partial charge on any atom is 0.315 e. The van der Waals surface area contributed by atoms with E-state index in [4.69, 9.17) is 9.15 Å². The van der Waals surface area contributed by atoms with Gasteiger partial charge < -0.3 is 19.8 Å². The third-order valence-electron chi connectivity index (χ3n) is 3.79. The lowest BCUT2D eigenvalue weighted by Gasteiger charge is -2.30. The molecule has 0 saturated carbocycles. The molecule has 1 aromatic carbocycles. The van der Waals surface area contributed by atoms with E-state index in [2.05, 4.69) is 22.8 Å². The summed E-state index contributed by atoms with van der Waals surface area (Å²) in [5, 5.41) is 5.81. The molecule has 1 aromatic heterocycles. The molecule has 2 aromatic rings. The van der Waals surface area contributed by atoms with Crippen molar-refractivity contribution in [2.24, 2.45) is 0 Å². The second kappa shape index (κ2) is 7.13. The van der Waals surface area contributed by atoms with Gasteiger partial charge in [0.2, 0.25) is 0 Å². The van der Waals surface area contributed by atoms with E-state index in [9.17, 15) is 4.79 Å². The Balaban J connectivity index is 1.48. The summed E-state index contributed by atoms with van der Waals surface area (Å²) in [6.45, 7) is 1.05. The Morgan fingerprint density at radius 3 is 2.82 bits per heavy atom. The minimum absolute atomic E-state index is 0.0466. The van der Waals surface area contributed by atoms with Gasteiger partial charge in [-0.3, -0.25) is 0 Å². The first-order chi connectivity index (χ1) is 10.8. The van der Waals surface area contributed by atoms with Crippen LogP contribution in [0.15, 0.2) is 53.1 Å². The van der Waals surface area contributed by atoms with Gasteiger partial charge in [0, 0.05) is 12.6 Å². The number of furan rings is 1. The predicted octanol–water partition coefficient (Wildman–Crippen LogP) is 3.00. The van der Waals surface area contributed by atoms with Crippen LogP contribution >= 0.6 is 0 Å². The number of rotatable bonds is 4. The molecular weight excluding hydrogens is 280 g/mol. The number of carbonyl (C=O) groups is 1. The largest absolute Gasteiger partial charge is 0.467 e. The van der Waals surface area contributed by atoms with Gasteiger partial charge in [-0.1, -0.05) is 30.3 Å². The van der Waals surface area contributed by atoms with Crippen molar-refractivity contribution in [2.75, 3.05) is 6.61 Å². The van der Waals surface area contributed by atoms with E-state index in [-0.39, 0.29) is 18.2 Å². The van der Waals surface area contributed by atoms with Crippen LogP contribution in [0.4, 0.5) is 4.79 Å². The molecule has 0 aliphatic carbocycles. The first kappa shape index (κ1) is 14.7. The standard InChI is InChI=1S/C17H20N2O3/c20-17(18-12-15-7-4-9-21-15)19-14-8-10-22-16(11-14)13-5-2-1-3-6-13/h1-7,9,14,16H,8,10-12H2,(H2,18,19,20)/t14-,16+/m0/s1. The highest BCUT2D eigenvalue weighted by atomic mass is 16.5. The van der Waals surface area contributed by atoms with E-state index in [0.717, 1.165) is 24.2 Å². The molecule has 1 fully saturated rings. The molecule has 116 valence electrons. The fourth-order valence-electron chi connectivity index (χ4n) is 2.64. The Morgan fingerprint density at radius 1 is 1.18 bits per heavy atom. The molecule has 5 heteroatoms. The monoisotopic (exact) mass is 300 g/mol. The van der Waals surface area contributed by atoms with Crippen molar-refractivity contribution < 1.29 is 13.9 Å². The van der Waals surface area contributed by atoms with Crippen LogP contribution in [0.3, 0.4) is 0 Å². The summed E-state index contributed by atoms with van der Waals surface area (Å²) in [6.07, 6.45) is 3.26. The van der Waals surface area contributed by atoms with Crippen molar-refractivity contribution in [3.63, 3.8) is 0 Å². The number of benzene rings is 1. The van der Waals surface area contributed by atoms with E-state index in [1.165, 1.54) is 0 Å². The second-order valence-corrected chi connectivity index (χ2v) is 5.40. The summed E-state index contributed by atoms with van der Waals surface area (Å²) in [5.41, 5.74) is 1.16. The number of carbonyl (C=O) groups excluding carboxylic acids is 1. The normalized spacial score (nSPS) is 21.3. The molecule has 1 aliphatic heterocycles. The zero-order valence-corrected chi connectivity index (χ0v) is 12.3. The van der Waals surface area contributed by atoms with E-state index < -0.39 is 0 Å². The number of hydrogen-bond donors (Lipinski definition) is 2. The van der Waals surface area contributed by atoms with Crippen molar-refractivity contribution >= 4 is 6.03 Å². The van der Waals surface area contributed by atoms with Crippen LogP contribution in [-0.4, -0.2) is 18.7 Å². The SMILES string of the molecule is O=C(NCc1ccco1)N[C@H]1CCO[C@@H](c2ccccc2)C1. The van der Waals surface area contributed by atoms with Gasteiger partial charge in [-0.2, -0.15) is 0 Å². The molecule has 0 radical (unpaired) electrons. The molecule has 5 nitrogen and oxygen atoms in total. The first-order valence-corrected chi connectivity index (χ1v) is 7.54. The summed E-state index contributed by atoms with van der Waals surface area (Å²) < 4.78 is 11.0. The Labute approximate surface area is 129 Å². The molecule has 22 heavy (non-hydrogen) atoms. The molecule has 0 unspecified atom stereocenters. The Kier molecular flexibility index (Phi) is 4.75. The number of urea groups is 1. The topological polar surface area (TPSA) is 63.5 Å². The van der Waals surface area contributed by atoms with Gasteiger partial charge in [-0.05, 0) is 30.5 Å². The average Bonchev–Trinajstić information content (AvgIpc) is 3.08. The van der Waals surface area contributed by atoms with Crippen LogP contribution < -0.4 is 10.6 Å². The van der Waals surface area contributed by atoms with Crippen molar-refractivity contribution in [2.45, 2.75) is 31.5 Å². The number of amides is 2. The molecule has 2 N–H and O–H groups in total. The van der Waals surface area contributed by atoms with Gasteiger partial charge in [-0.15, -0.1) is 0 Å². The summed E-state index contributed by atoms with van der Waals surface area (Å²) in [6, 6.07) is 13.7. The van der Waals surface area contributed by atoms with Crippen LogP contribution in [0.2, 0.25) is 0 Å². The van der Waals surface area contributed by atoms with Crippen molar-refractivity contribution in [3.05, 3.63) is 60.1 Å². The van der Waals surface area contributed by atoms with Gasteiger partial charge in [0.1, 0.15) is 5.76 Å². The van der Waals surface area contributed by atoms with Crippen LogP contribution in [0.25, 0.3) is 0 Å². The molecule has 2 heterocycles. The highest BCUT2D eigenvalue weighted by Crippen LogP contribution is 2.27. The summed E-state index contributed by atoms with van der Waals surface area (Å²) in [7, 11) is 0. The van der Waals surface area contributed by atoms with E-state index in [1.54, 1.807) is 12.3 Å². The third-order valence-corrected chi connectivity index (χ3v) is 3.79. The van der Waals surface area contributed by atoms with Gasteiger partial charge in [-0.25, -0.2) is 4.79 Å². The maximum atomic E-state index is 11.9. The molecule has 1 saturated heterocycles. The van der Waals surface area contributed by atoms with Gasteiger partial charge in [0.05, 0.1) is 18.9 Å². The summed E-state index contributed by atoms with van der Waals surface area (Å²) in [4.78, 5) is 11.9. The van der Waals surface area contributed by atoms with Crippen LogP contribution in [0.5, 0.6) is 0 Å². The lowest BCUT2D eigenvalue weighted by atomic mass is 9.97. The minimum Gasteiger partial charge on any atom is -0.467 e. The van der Waals surface area contributed by atoms with Gasteiger partial charge in [0.25, 0.3) is 0 Å². The van der Waals surface area contributed by atoms with Gasteiger partial charge in [0.15, 0.2) is 0 Å². The highest BCUT2D eigenvalue weighted by molar-refractivity contribution is 5.74. The molecule has 2 amide bonds. The fraction of sp³-hybridized carbons (Fsp3) is 0.353. The summed E-state index contributed by atoms with van der Waals surface area (Å²) in [5.74, 6) is 0.740. The molecular formula is C17H20N2O3. The Hall–Kier alpha value is -2.27. The quantitative estimate of drug-likeness (QED) is 0.912. The van der Waals surface area contributed by atoms with Crippen LogP contribution in [0.1, 0.15) is 30.3 Å². The van der Waals surface area contributed by atoms with E-state index in [0.29, 0.717) is 13.2 Å². The lowest BCUT2D eigenvalue weighted by molar-refractivity contribution is 0.00225. The zero-order valence-electron chi connectivity index (χ0n) is 12.3. The molecule has 2 atom stereocenters. The fourth-order valence-corrected chi connectivity index (χ4v) is 2.64. The molecule has 0 bridgehead atoms. The third kappa shape index (κ3) is 3.89. The lowest BCUT2D eigenvalue weighted by Crippen LogP contribution is -2.44. The Morgan fingerprint density at radius 2 is 2.05 bits per heavy atom. The number of hydrogen-bond acceptors (Lipinski definition) is 3. The molecule has 3 rings (SSSR count). The van der Waals surface area contributed by atoms with Crippen molar-refractivity contribution in [1.82, 2.24) is 10.6 Å². The van der Waals surface area contributed by atoms with Crippen molar-refractivity contribution in [3.8, 4) is 0 Å². The Bertz CT molecular complexity index is 583. The highest BCUT2D eigenvalue weighted by Gasteiger charge is 2.24. The molecule has 0 spiro atoms. The average molecular weight is 300 g/mol. The van der Waals surface area contributed by atoms with E-state index >= 15 is 0 Å². The zero-order chi connectivity index (χ0) is 15.2. The molecule has 1 aliphatic rings. The smallest absolute Gasteiger partial charge is 0.315 e.